The van der Waals surface area contributed by atoms with Crippen LogP contribution in [0.4, 0.5) is 17.1 Å². The highest BCUT2D eigenvalue weighted by molar-refractivity contribution is 5.96. The summed E-state index contributed by atoms with van der Waals surface area (Å²) in [4.78, 5) is 13.5. The van der Waals surface area contributed by atoms with E-state index in [1.807, 2.05) is 54.6 Å². The summed E-state index contributed by atoms with van der Waals surface area (Å²) < 4.78 is 0. The van der Waals surface area contributed by atoms with Gasteiger partial charge in [-0.3, -0.25) is 4.79 Å². The highest BCUT2D eigenvalue weighted by Gasteiger charge is 2.27. The second-order valence-corrected chi connectivity index (χ2v) is 5.01. The number of benzene rings is 2. The van der Waals surface area contributed by atoms with Crippen LogP contribution in [0.3, 0.4) is 0 Å². The molecular formula is C16H17N3O. The van der Waals surface area contributed by atoms with E-state index >= 15 is 0 Å². The van der Waals surface area contributed by atoms with E-state index in [-0.39, 0.29) is 11.9 Å². The van der Waals surface area contributed by atoms with Crippen LogP contribution >= 0.6 is 0 Å². The highest BCUT2D eigenvalue weighted by Crippen LogP contribution is 2.24. The van der Waals surface area contributed by atoms with E-state index in [4.69, 9.17) is 5.73 Å². The van der Waals surface area contributed by atoms with Crippen molar-refractivity contribution in [1.29, 1.82) is 0 Å². The number of hydrogen-bond donors (Lipinski definition) is 2. The van der Waals surface area contributed by atoms with Crippen LogP contribution in [-0.2, 0) is 4.79 Å². The van der Waals surface area contributed by atoms with Gasteiger partial charge in [0.2, 0.25) is 5.91 Å². The van der Waals surface area contributed by atoms with Gasteiger partial charge in [0, 0.05) is 36.1 Å². The lowest BCUT2D eigenvalue weighted by molar-refractivity contribution is -0.117. The molecule has 1 amide bonds. The van der Waals surface area contributed by atoms with Crippen LogP contribution in [0.5, 0.6) is 0 Å². The molecule has 1 unspecified atom stereocenters. The first-order chi connectivity index (χ1) is 9.72. The van der Waals surface area contributed by atoms with Gasteiger partial charge in [0.15, 0.2) is 0 Å². The molecule has 0 aromatic heterocycles. The number of nitrogens with two attached hydrogens (primary N) is 1. The third kappa shape index (κ3) is 2.65. The number of nitrogens with zero attached hydrogens (tertiary/aromatic N) is 1. The standard InChI is InChI=1S/C16H17N3O/c17-12-10-16(20)19(11-12)15-8-6-14(7-9-15)18-13-4-2-1-3-5-13/h1-9,12,18H,10-11,17H2. The Morgan fingerprint density at radius 1 is 1.00 bits per heavy atom. The molecule has 2 aromatic rings. The molecule has 2 aromatic carbocycles. The Hall–Kier alpha value is -2.33. The minimum Gasteiger partial charge on any atom is -0.356 e. The zero-order valence-electron chi connectivity index (χ0n) is 11.1. The van der Waals surface area contributed by atoms with Crippen LogP contribution in [0, 0.1) is 0 Å². The Bertz CT molecular complexity index is 595. The third-order valence-corrected chi connectivity index (χ3v) is 3.40. The molecule has 3 N–H and O–H groups in total. The van der Waals surface area contributed by atoms with Gasteiger partial charge < -0.3 is 16.0 Å². The van der Waals surface area contributed by atoms with E-state index in [0.717, 1.165) is 17.1 Å². The van der Waals surface area contributed by atoms with Gasteiger partial charge in [0.1, 0.15) is 0 Å². The van der Waals surface area contributed by atoms with Crippen molar-refractivity contribution in [1.82, 2.24) is 0 Å². The number of amides is 1. The summed E-state index contributed by atoms with van der Waals surface area (Å²) in [6.07, 6.45) is 0.435. The maximum Gasteiger partial charge on any atom is 0.228 e. The van der Waals surface area contributed by atoms with Gasteiger partial charge in [-0.1, -0.05) is 18.2 Å². The predicted octanol–water partition coefficient (Wildman–Crippen LogP) is 2.49. The Morgan fingerprint density at radius 3 is 2.25 bits per heavy atom. The summed E-state index contributed by atoms with van der Waals surface area (Å²) in [5, 5.41) is 3.31. The molecule has 20 heavy (non-hydrogen) atoms. The van der Waals surface area contributed by atoms with Crippen molar-refractivity contribution >= 4 is 23.0 Å². The molecule has 0 bridgehead atoms. The maximum atomic E-state index is 11.8. The lowest BCUT2D eigenvalue weighted by atomic mass is 10.2. The largest absolute Gasteiger partial charge is 0.356 e. The van der Waals surface area contributed by atoms with Crippen LogP contribution in [-0.4, -0.2) is 18.5 Å². The van der Waals surface area contributed by atoms with Crippen LogP contribution in [0.1, 0.15) is 6.42 Å². The van der Waals surface area contributed by atoms with Crippen molar-refractivity contribution in [3.8, 4) is 0 Å². The monoisotopic (exact) mass is 267 g/mol. The molecule has 0 spiro atoms. The first-order valence-electron chi connectivity index (χ1n) is 6.70. The first kappa shape index (κ1) is 12.7. The molecule has 3 rings (SSSR count). The molecule has 0 aliphatic carbocycles. The van der Waals surface area contributed by atoms with E-state index in [2.05, 4.69) is 5.32 Å². The number of anilines is 3. The van der Waals surface area contributed by atoms with Crippen molar-refractivity contribution in [2.24, 2.45) is 5.73 Å². The Morgan fingerprint density at radius 2 is 1.65 bits per heavy atom. The van der Waals surface area contributed by atoms with E-state index in [9.17, 15) is 4.79 Å². The second-order valence-electron chi connectivity index (χ2n) is 5.01. The van der Waals surface area contributed by atoms with Crippen molar-refractivity contribution in [3.63, 3.8) is 0 Å². The van der Waals surface area contributed by atoms with Crippen LogP contribution in [0.2, 0.25) is 0 Å². The SMILES string of the molecule is NC1CC(=O)N(c2ccc(Nc3ccccc3)cc2)C1. The predicted molar refractivity (Wildman–Crippen MR) is 81.1 cm³/mol. The Balaban J connectivity index is 1.73. The number of carbonyl (C=O) groups excluding carboxylic acids is 1. The van der Waals surface area contributed by atoms with Crippen molar-refractivity contribution in [2.75, 3.05) is 16.8 Å². The lowest BCUT2D eigenvalue weighted by Crippen LogP contribution is -2.27. The van der Waals surface area contributed by atoms with Crippen LogP contribution in [0.15, 0.2) is 54.6 Å². The fraction of sp³-hybridized carbons (Fsp3) is 0.188. The molecule has 1 fully saturated rings. The van der Waals surface area contributed by atoms with Crippen molar-refractivity contribution in [3.05, 3.63) is 54.6 Å². The molecule has 102 valence electrons. The summed E-state index contributed by atoms with van der Waals surface area (Å²) in [5.74, 6) is 0.0984. The number of carbonyl (C=O) groups is 1. The average molecular weight is 267 g/mol. The highest BCUT2D eigenvalue weighted by atomic mass is 16.2. The molecule has 1 atom stereocenters. The minimum absolute atomic E-state index is 0.0513. The van der Waals surface area contributed by atoms with Crippen LogP contribution < -0.4 is 16.0 Å². The molecule has 1 heterocycles. The maximum absolute atomic E-state index is 11.8. The first-order valence-corrected chi connectivity index (χ1v) is 6.70. The van der Waals surface area contributed by atoms with Gasteiger partial charge in [-0.05, 0) is 36.4 Å². The van der Waals surface area contributed by atoms with E-state index in [1.54, 1.807) is 4.90 Å². The number of nitrogens with one attached hydrogen (secondary N) is 1. The van der Waals surface area contributed by atoms with Crippen molar-refractivity contribution < 1.29 is 4.79 Å². The lowest BCUT2D eigenvalue weighted by Gasteiger charge is -2.16. The van der Waals surface area contributed by atoms with Gasteiger partial charge >= 0.3 is 0 Å². The normalized spacial score (nSPS) is 18.4. The molecule has 1 aliphatic heterocycles. The number of hydrogen-bond acceptors (Lipinski definition) is 3. The van der Waals surface area contributed by atoms with Gasteiger partial charge in [-0.25, -0.2) is 0 Å². The van der Waals surface area contributed by atoms with E-state index in [1.165, 1.54) is 0 Å². The summed E-state index contributed by atoms with van der Waals surface area (Å²) in [5.41, 5.74) is 8.75. The molecule has 1 aliphatic rings. The zero-order chi connectivity index (χ0) is 13.9. The van der Waals surface area contributed by atoms with Gasteiger partial charge in [0.25, 0.3) is 0 Å². The van der Waals surface area contributed by atoms with E-state index in [0.29, 0.717) is 13.0 Å². The van der Waals surface area contributed by atoms with Gasteiger partial charge in [0.05, 0.1) is 0 Å². The summed E-state index contributed by atoms with van der Waals surface area (Å²) in [7, 11) is 0. The number of para-hydroxylation sites is 1. The quantitative estimate of drug-likeness (QED) is 0.898. The number of rotatable bonds is 3. The summed E-state index contributed by atoms with van der Waals surface area (Å²) in [6.45, 7) is 0.601. The van der Waals surface area contributed by atoms with Gasteiger partial charge in [-0.2, -0.15) is 0 Å². The average Bonchev–Trinajstić information content (AvgIpc) is 2.80. The summed E-state index contributed by atoms with van der Waals surface area (Å²) >= 11 is 0. The third-order valence-electron chi connectivity index (χ3n) is 3.40. The Labute approximate surface area is 118 Å². The fourth-order valence-electron chi connectivity index (χ4n) is 2.40. The fourth-order valence-corrected chi connectivity index (χ4v) is 2.40. The van der Waals surface area contributed by atoms with Crippen molar-refractivity contribution in [2.45, 2.75) is 12.5 Å². The second kappa shape index (κ2) is 5.35. The van der Waals surface area contributed by atoms with Gasteiger partial charge in [-0.15, -0.1) is 0 Å². The molecule has 4 heteroatoms. The molecule has 4 nitrogen and oxygen atoms in total. The zero-order valence-corrected chi connectivity index (χ0v) is 11.1. The van der Waals surface area contributed by atoms with E-state index < -0.39 is 0 Å². The topological polar surface area (TPSA) is 58.4 Å². The van der Waals surface area contributed by atoms with Crippen LogP contribution in [0.25, 0.3) is 0 Å². The molecule has 0 radical (unpaired) electrons. The smallest absolute Gasteiger partial charge is 0.228 e. The summed E-state index contributed by atoms with van der Waals surface area (Å²) in [6, 6.07) is 17.8. The molecule has 1 saturated heterocycles. The minimum atomic E-state index is -0.0513. The molecular weight excluding hydrogens is 250 g/mol. The molecule has 0 saturated carbocycles. The Kier molecular flexibility index (Phi) is 3.39.